The number of rotatable bonds is 4. The van der Waals surface area contributed by atoms with E-state index < -0.39 is 16.7 Å². The molecule has 0 spiro atoms. The normalized spacial score (nSPS) is 17.2. The van der Waals surface area contributed by atoms with Gasteiger partial charge in [-0.25, -0.2) is 12.8 Å². The summed E-state index contributed by atoms with van der Waals surface area (Å²) in [7, 11) is -3.35. The van der Waals surface area contributed by atoms with Gasteiger partial charge in [-0.3, -0.25) is 4.72 Å². The Kier molecular flexibility index (Phi) is 4.23. The van der Waals surface area contributed by atoms with Crippen LogP contribution in [-0.2, 0) is 23.1 Å². The van der Waals surface area contributed by atoms with Crippen molar-refractivity contribution >= 4 is 26.6 Å². The van der Waals surface area contributed by atoms with E-state index in [0.29, 0.717) is 5.69 Å². The first-order valence-corrected chi connectivity index (χ1v) is 10.6. The van der Waals surface area contributed by atoms with E-state index in [9.17, 15) is 12.8 Å². The number of sulfonamides is 1. The number of halogens is 1. The van der Waals surface area contributed by atoms with Crippen LogP contribution in [0.4, 0.5) is 10.1 Å². The van der Waals surface area contributed by atoms with E-state index in [1.807, 2.05) is 36.5 Å². The van der Waals surface area contributed by atoms with Crippen LogP contribution in [0.25, 0.3) is 10.9 Å². The van der Waals surface area contributed by atoms with E-state index in [-0.39, 0.29) is 5.92 Å². The molecular weight excluding hydrogens is 351 g/mol. The fourth-order valence-corrected chi connectivity index (χ4v) is 4.59. The molecule has 136 valence electrons. The van der Waals surface area contributed by atoms with Gasteiger partial charge in [-0.15, -0.1) is 0 Å². The van der Waals surface area contributed by atoms with Gasteiger partial charge in [0.05, 0.1) is 17.5 Å². The van der Waals surface area contributed by atoms with Crippen LogP contribution in [0.5, 0.6) is 0 Å². The maximum atomic E-state index is 13.0. The molecule has 1 aliphatic carbocycles. The zero-order chi connectivity index (χ0) is 18.3. The third kappa shape index (κ3) is 3.09. The molecule has 1 unspecified atom stereocenters. The van der Waals surface area contributed by atoms with E-state index in [0.717, 1.165) is 47.5 Å². The lowest BCUT2D eigenvalue weighted by molar-refractivity contribution is 0.484. The number of hydrogen-bond donors (Lipinski definition) is 2. The Bertz CT molecular complexity index is 1070. The summed E-state index contributed by atoms with van der Waals surface area (Å²) >= 11 is 0. The van der Waals surface area contributed by atoms with Gasteiger partial charge in [-0.2, -0.15) is 0 Å². The van der Waals surface area contributed by atoms with Crippen molar-refractivity contribution in [1.82, 2.24) is 4.98 Å². The van der Waals surface area contributed by atoms with Gasteiger partial charge >= 0.3 is 0 Å². The Labute approximate surface area is 152 Å². The van der Waals surface area contributed by atoms with Gasteiger partial charge in [0.1, 0.15) is 6.67 Å². The maximum absolute atomic E-state index is 13.0. The molecule has 0 radical (unpaired) electrons. The molecule has 3 aromatic rings. The molecule has 1 aromatic heterocycles. The smallest absolute Gasteiger partial charge is 0.229 e. The summed E-state index contributed by atoms with van der Waals surface area (Å²) in [5.74, 6) is 0.231. The van der Waals surface area contributed by atoms with Gasteiger partial charge < -0.3 is 4.98 Å². The summed E-state index contributed by atoms with van der Waals surface area (Å²) in [5, 5.41) is 1.02. The Morgan fingerprint density at radius 2 is 2.08 bits per heavy atom. The van der Waals surface area contributed by atoms with E-state index in [1.54, 1.807) is 6.07 Å². The number of nitrogens with one attached hydrogen (secondary N) is 2. The minimum atomic E-state index is -3.35. The molecule has 6 heteroatoms. The monoisotopic (exact) mass is 372 g/mol. The minimum Gasteiger partial charge on any atom is -0.359 e. The number of aromatic nitrogens is 1. The molecule has 0 amide bonds. The largest absolute Gasteiger partial charge is 0.359 e. The number of para-hydroxylation sites is 1. The van der Waals surface area contributed by atoms with Crippen molar-refractivity contribution in [2.45, 2.75) is 31.9 Å². The van der Waals surface area contributed by atoms with Crippen LogP contribution in [0.3, 0.4) is 0 Å². The van der Waals surface area contributed by atoms with Gasteiger partial charge in [-0.05, 0) is 47.6 Å². The van der Waals surface area contributed by atoms with Crippen LogP contribution in [0, 0.1) is 0 Å². The Balaban J connectivity index is 1.81. The molecule has 2 N–H and O–H groups in total. The first-order valence-electron chi connectivity index (χ1n) is 8.72. The molecule has 4 rings (SSSR count). The average Bonchev–Trinajstić information content (AvgIpc) is 3.04. The Morgan fingerprint density at radius 3 is 2.85 bits per heavy atom. The third-order valence-corrected chi connectivity index (χ3v) is 5.68. The molecule has 2 aromatic carbocycles. The zero-order valence-corrected chi connectivity index (χ0v) is 15.4. The van der Waals surface area contributed by atoms with E-state index in [4.69, 9.17) is 0 Å². The first kappa shape index (κ1) is 17.1. The van der Waals surface area contributed by atoms with Crippen LogP contribution in [-0.4, -0.2) is 19.7 Å². The predicted octanol–water partition coefficient (Wildman–Crippen LogP) is 4.48. The lowest BCUT2D eigenvalue weighted by Crippen LogP contribution is -2.11. The quantitative estimate of drug-likeness (QED) is 0.709. The highest BCUT2D eigenvalue weighted by Crippen LogP contribution is 2.41. The molecule has 4 nitrogen and oxygen atoms in total. The van der Waals surface area contributed by atoms with Gasteiger partial charge in [0, 0.05) is 17.5 Å². The summed E-state index contributed by atoms with van der Waals surface area (Å²) in [4.78, 5) is 3.24. The lowest BCUT2D eigenvalue weighted by Gasteiger charge is -2.26. The van der Waals surface area contributed by atoms with Crippen molar-refractivity contribution < 1.29 is 12.8 Å². The number of hydrogen-bond acceptors (Lipinski definition) is 2. The fraction of sp³-hybridized carbons (Fsp3) is 0.300. The van der Waals surface area contributed by atoms with E-state index in [1.165, 1.54) is 11.1 Å². The van der Waals surface area contributed by atoms with Crippen LogP contribution >= 0.6 is 0 Å². The van der Waals surface area contributed by atoms with Crippen LogP contribution in [0.15, 0.2) is 42.6 Å². The highest BCUT2D eigenvalue weighted by Gasteiger charge is 2.25. The first-order chi connectivity index (χ1) is 12.5. The molecule has 0 saturated carbocycles. The van der Waals surface area contributed by atoms with Gasteiger partial charge in [0.2, 0.25) is 10.0 Å². The Hall–Kier alpha value is -2.34. The van der Waals surface area contributed by atoms with Crippen molar-refractivity contribution in [1.29, 1.82) is 0 Å². The fourth-order valence-electron chi connectivity index (χ4n) is 4.02. The molecule has 0 bridgehead atoms. The minimum absolute atomic E-state index is 0.231. The number of alkyl halides is 1. The summed E-state index contributed by atoms with van der Waals surface area (Å²) < 4.78 is 38.8. The topological polar surface area (TPSA) is 62.0 Å². The van der Waals surface area contributed by atoms with Gasteiger partial charge in [0.25, 0.3) is 0 Å². The van der Waals surface area contributed by atoms with Crippen LogP contribution in [0.1, 0.15) is 41.0 Å². The second-order valence-electron chi connectivity index (χ2n) is 6.96. The summed E-state index contributed by atoms with van der Waals surface area (Å²) in [6.45, 7) is -0.439. The molecule has 0 fully saturated rings. The van der Waals surface area contributed by atoms with E-state index >= 15 is 0 Å². The highest BCUT2D eigenvalue weighted by molar-refractivity contribution is 7.92. The van der Waals surface area contributed by atoms with Gasteiger partial charge in [-0.1, -0.05) is 30.3 Å². The van der Waals surface area contributed by atoms with Crippen molar-refractivity contribution in [3.05, 3.63) is 64.8 Å². The molecule has 1 heterocycles. The highest BCUT2D eigenvalue weighted by atomic mass is 32.2. The summed E-state index contributed by atoms with van der Waals surface area (Å²) in [6.07, 6.45) is 6.18. The number of anilines is 1. The second kappa shape index (κ2) is 6.43. The lowest BCUT2D eigenvalue weighted by atomic mass is 9.78. The predicted molar refractivity (Wildman–Crippen MR) is 103 cm³/mol. The summed E-state index contributed by atoms with van der Waals surface area (Å²) in [5.41, 5.74) is 5.70. The summed E-state index contributed by atoms with van der Waals surface area (Å²) in [6, 6.07) is 11.5. The van der Waals surface area contributed by atoms with E-state index in [2.05, 4.69) is 9.71 Å². The molecule has 0 aliphatic heterocycles. The molecule has 0 saturated heterocycles. The Morgan fingerprint density at radius 1 is 1.23 bits per heavy atom. The van der Waals surface area contributed by atoms with Crippen molar-refractivity contribution in [3.63, 3.8) is 0 Å². The molecular formula is C20H21FN2O2S. The average molecular weight is 372 g/mol. The van der Waals surface area contributed by atoms with Gasteiger partial charge in [0.15, 0.2) is 0 Å². The van der Waals surface area contributed by atoms with Crippen molar-refractivity contribution in [3.8, 4) is 0 Å². The molecule has 26 heavy (non-hydrogen) atoms. The number of benzene rings is 2. The number of H-pyrrole nitrogens is 1. The zero-order valence-electron chi connectivity index (χ0n) is 14.5. The number of aromatic amines is 1. The SMILES string of the molecule is CS(=O)(=O)Nc1cccc2c(C3CCCc4cc(CF)ccc43)c[nH]c12. The molecule has 1 atom stereocenters. The second-order valence-corrected chi connectivity index (χ2v) is 8.71. The molecule has 1 aliphatic rings. The third-order valence-electron chi connectivity index (χ3n) is 5.09. The maximum Gasteiger partial charge on any atom is 0.229 e. The van der Waals surface area contributed by atoms with Crippen molar-refractivity contribution in [2.75, 3.05) is 11.0 Å². The van der Waals surface area contributed by atoms with Crippen molar-refractivity contribution in [2.24, 2.45) is 0 Å². The number of aryl methyl sites for hydroxylation is 1. The van der Waals surface area contributed by atoms with Crippen LogP contribution in [0.2, 0.25) is 0 Å². The number of fused-ring (bicyclic) bond motifs is 2. The standard InChI is InChI=1S/C20H21FN2O2S/c1-26(24,25)23-19-7-3-6-17-18(12-22-20(17)19)16-5-2-4-14-10-13(11-21)8-9-15(14)16/h3,6-10,12,16,22-23H,2,4-5,11H2,1H3. The van der Waals surface area contributed by atoms with Crippen LogP contribution < -0.4 is 4.72 Å².